The van der Waals surface area contributed by atoms with Gasteiger partial charge in [0.15, 0.2) is 5.78 Å². The zero-order valence-electron chi connectivity index (χ0n) is 10.3. The fraction of sp³-hybridized carbons (Fsp3) is 0.231. The minimum atomic E-state index is 0.00127. The molecule has 0 aliphatic carbocycles. The minimum absolute atomic E-state index is 0.00127. The molecular formula is C13H14ClN3O. The third-order valence-electron chi connectivity index (χ3n) is 2.76. The minimum Gasteiger partial charge on any atom is -0.398 e. The van der Waals surface area contributed by atoms with E-state index in [0.29, 0.717) is 22.7 Å². The number of nitrogens with two attached hydrogens (primary N) is 1. The molecule has 2 N–H and O–H groups in total. The summed E-state index contributed by atoms with van der Waals surface area (Å²) in [7, 11) is 1.83. The van der Waals surface area contributed by atoms with Gasteiger partial charge in [0.05, 0.1) is 22.8 Å². The smallest absolute Gasteiger partial charge is 0.168 e. The molecule has 0 aliphatic rings. The Balaban J connectivity index is 2.22. The number of nitrogens with zero attached hydrogens (tertiary/aromatic N) is 2. The molecule has 0 bridgehead atoms. The Hall–Kier alpha value is -1.81. The maximum Gasteiger partial charge on any atom is 0.168 e. The summed E-state index contributed by atoms with van der Waals surface area (Å²) in [5.74, 6) is 0.00127. The molecule has 1 heterocycles. The van der Waals surface area contributed by atoms with Gasteiger partial charge in [0.1, 0.15) is 0 Å². The lowest BCUT2D eigenvalue weighted by molar-refractivity contribution is 0.0991. The Morgan fingerprint density at radius 1 is 1.44 bits per heavy atom. The zero-order valence-corrected chi connectivity index (χ0v) is 11.0. The molecule has 0 fully saturated rings. The Bertz CT molecular complexity index is 604. The first-order valence-electron chi connectivity index (χ1n) is 5.55. The van der Waals surface area contributed by atoms with Crippen molar-refractivity contribution >= 4 is 23.1 Å². The number of carbonyl (C=O) groups is 1. The van der Waals surface area contributed by atoms with Crippen LogP contribution in [0.4, 0.5) is 5.69 Å². The predicted molar refractivity (Wildman–Crippen MR) is 71.8 cm³/mol. The van der Waals surface area contributed by atoms with Gasteiger partial charge in [0.2, 0.25) is 0 Å². The van der Waals surface area contributed by atoms with Gasteiger partial charge in [0, 0.05) is 18.3 Å². The summed E-state index contributed by atoms with van der Waals surface area (Å²) in [6, 6.07) is 6.83. The van der Waals surface area contributed by atoms with Crippen molar-refractivity contribution in [1.82, 2.24) is 9.78 Å². The van der Waals surface area contributed by atoms with E-state index >= 15 is 0 Å². The van der Waals surface area contributed by atoms with Crippen LogP contribution >= 0.6 is 11.6 Å². The summed E-state index contributed by atoms with van der Waals surface area (Å²) in [6.45, 7) is 1.90. The number of anilines is 1. The number of carbonyl (C=O) groups excluding carboxylic acids is 1. The van der Waals surface area contributed by atoms with Crippen molar-refractivity contribution in [3.8, 4) is 0 Å². The maximum atomic E-state index is 12.1. The number of aromatic nitrogens is 2. The van der Waals surface area contributed by atoms with E-state index in [0.717, 1.165) is 11.4 Å². The van der Waals surface area contributed by atoms with Gasteiger partial charge in [-0.1, -0.05) is 11.6 Å². The summed E-state index contributed by atoms with van der Waals surface area (Å²) in [6.07, 6.45) is 0.304. The number of rotatable bonds is 3. The first-order chi connectivity index (χ1) is 8.47. The van der Waals surface area contributed by atoms with Crippen LogP contribution in [-0.2, 0) is 13.5 Å². The topological polar surface area (TPSA) is 60.9 Å². The highest BCUT2D eigenvalue weighted by atomic mass is 35.5. The van der Waals surface area contributed by atoms with Crippen molar-refractivity contribution in [1.29, 1.82) is 0 Å². The van der Waals surface area contributed by atoms with E-state index in [1.54, 1.807) is 22.9 Å². The Labute approximate surface area is 110 Å². The van der Waals surface area contributed by atoms with Crippen molar-refractivity contribution in [3.63, 3.8) is 0 Å². The monoisotopic (exact) mass is 263 g/mol. The first-order valence-corrected chi connectivity index (χ1v) is 5.93. The van der Waals surface area contributed by atoms with Crippen molar-refractivity contribution < 1.29 is 4.79 Å². The fourth-order valence-electron chi connectivity index (χ4n) is 1.81. The van der Waals surface area contributed by atoms with E-state index in [1.807, 2.05) is 20.0 Å². The average Bonchev–Trinajstić information content (AvgIpc) is 2.61. The molecular weight excluding hydrogens is 250 g/mol. The van der Waals surface area contributed by atoms with E-state index in [4.69, 9.17) is 17.3 Å². The largest absolute Gasteiger partial charge is 0.398 e. The number of Topliss-reactive ketones (excluding diaryl/α,β-unsaturated/α-hetero) is 1. The second-order valence-corrected chi connectivity index (χ2v) is 4.64. The van der Waals surface area contributed by atoms with Crippen LogP contribution in [0.15, 0.2) is 24.3 Å². The van der Waals surface area contributed by atoms with Gasteiger partial charge in [-0.15, -0.1) is 0 Å². The van der Waals surface area contributed by atoms with E-state index in [1.165, 1.54) is 0 Å². The van der Waals surface area contributed by atoms with Crippen molar-refractivity contribution in [2.75, 3.05) is 5.73 Å². The normalized spacial score (nSPS) is 10.6. The first kappa shape index (κ1) is 12.6. The molecule has 0 aliphatic heterocycles. The molecule has 18 heavy (non-hydrogen) atoms. The van der Waals surface area contributed by atoms with Crippen LogP contribution in [0.1, 0.15) is 21.7 Å². The van der Waals surface area contributed by atoms with Gasteiger partial charge in [-0.2, -0.15) is 5.10 Å². The standard InChI is InChI=1S/C13H14ClN3O/c1-8-5-10(17(2)16-8)7-13(18)9-3-4-11(14)12(15)6-9/h3-6H,7,15H2,1-2H3. The quantitative estimate of drug-likeness (QED) is 0.683. The van der Waals surface area contributed by atoms with E-state index in [9.17, 15) is 4.79 Å². The Morgan fingerprint density at radius 3 is 2.72 bits per heavy atom. The third-order valence-corrected chi connectivity index (χ3v) is 3.10. The molecule has 0 saturated heterocycles. The number of halogens is 1. The van der Waals surface area contributed by atoms with Crippen LogP contribution in [0.2, 0.25) is 5.02 Å². The van der Waals surface area contributed by atoms with Crippen LogP contribution in [0.25, 0.3) is 0 Å². The van der Waals surface area contributed by atoms with E-state index < -0.39 is 0 Å². The van der Waals surface area contributed by atoms with Crippen LogP contribution in [0.5, 0.6) is 0 Å². The number of aryl methyl sites for hydroxylation is 2. The molecule has 0 spiro atoms. The number of hydrogen-bond donors (Lipinski definition) is 1. The molecule has 2 aromatic rings. The molecule has 0 atom stereocenters. The molecule has 1 aromatic carbocycles. The van der Waals surface area contributed by atoms with Gasteiger partial charge >= 0.3 is 0 Å². The van der Waals surface area contributed by atoms with Crippen LogP contribution in [0, 0.1) is 6.92 Å². The molecule has 1 aromatic heterocycles. The second-order valence-electron chi connectivity index (χ2n) is 4.24. The lowest BCUT2D eigenvalue weighted by Gasteiger charge is -2.04. The lowest BCUT2D eigenvalue weighted by Crippen LogP contribution is -2.08. The Kier molecular flexibility index (Phi) is 3.39. The molecule has 0 amide bonds. The summed E-state index contributed by atoms with van der Waals surface area (Å²) in [5, 5.41) is 4.67. The number of benzene rings is 1. The molecule has 0 radical (unpaired) electrons. The molecule has 4 nitrogen and oxygen atoms in total. The maximum absolute atomic E-state index is 12.1. The summed E-state index contributed by atoms with van der Waals surface area (Å²) >= 11 is 5.82. The fourth-order valence-corrected chi connectivity index (χ4v) is 1.93. The summed E-state index contributed by atoms with van der Waals surface area (Å²) in [5.41, 5.74) is 8.45. The van der Waals surface area contributed by atoms with Crippen molar-refractivity contribution in [2.24, 2.45) is 7.05 Å². The molecule has 2 rings (SSSR count). The van der Waals surface area contributed by atoms with Crippen molar-refractivity contribution in [3.05, 3.63) is 46.2 Å². The second kappa shape index (κ2) is 4.82. The highest BCUT2D eigenvalue weighted by Gasteiger charge is 2.11. The van der Waals surface area contributed by atoms with Crippen LogP contribution in [0.3, 0.4) is 0 Å². The van der Waals surface area contributed by atoms with Gasteiger partial charge in [-0.3, -0.25) is 9.48 Å². The predicted octanol–water partition coefficient (Wildman–Crippen LogP) is 2.39. The van der Waals surface area contributed by atoms with Crippen LogP contribution in [-0.4, -0.2) is 15.6 Å². The van der Waals surface area contributed by atoms with E-state index in [2.05, 4.69) is 5.10 Å². The molecule has 0 saturated carbocycles. The van der Waals surface area contributed by atoms with Gasteiger partial charge in [0.25, 0.3) is 0 Å². The summed E-state index contributed by atoms with van der Waals surface area (Å²) in [4.78, 5) is 12.1. The average molecular weight is 264 g/mol. The third kappa shape index (κ3) is 2.54. The SMILES string of the molecule is Cc1cc(CC(=O)c2ccc(Cl)c(N)c2)n(C)n1. The van der Waals surface area contributed by atoms with Gasteiger partial charge < -0.3 is 5.73 Å². The van der Waals surface area contributed by atoms with Crippen LogP contribution < -0.4 is 5.73 Å². The molecule has 94 valence electrons. The zero-order chi connectivity index (χ0) is 13.3. The van der Waals surface area contributed by atoms with E-state index in [-0.39, 0.29) is 5.78 Å². The lowest BCUT2D eigenvalue weighted by atomic mass is 10.1. The Morgan fingerprint density at radius 2 is 2.17 bits per heavy atom. The van der Waals surface area contributed by atoms with Crippen molar-refractivity contribution in [2.45, 2.75) is 13.3 Å². The summed E-state index contributed by atoms with van der Waals surface area (Å²) < 4.78 is 1.71. The molecule has 5 heteroatoms. The highest BCUT2D eigenvalue weighted by molar-refractivity contribution is 6.33. The van der Waals surface area contributed by atoms with Gasteiger partial charge in [-0.05, 0) is 31.2 Å². The number of hydrogen-bond acceptors (Lipinski definition) is 3. The molecule has 0 unspecified atom stereocenters. The number of ketones is 1. The van der Waals surface area contributed by atoms with Gasteiger partial charge in [-0.25, -0.2) is 0 Å². The highest BCUT2D eigenvalue weighted by Crippen LogP contribution is 2.20. The number of nitrogen functional groups attached to an aromatic ring is 1.